The second-order valence-electron chi connectivity index (χ2n) is 5.90. The first-order chi connectivity index (χ1) is 7.99. The molecule has 0 rings (SSSR count). The summed E-state index contributed by atoms with van der Waals surface area (Å²) in [5.41, 5.74) is 0. The molecular formula is C15H33NO. The highest BCUT2D eigenvalue weighted by Crippen LogP contribution is 2.19. The fourth-order valence-electron chi connectivity index (χ4n) is 2.49. The lowest BCUT2D eigenvalue weighted by molar-refractivity contribution is 0.0967. The predicted molar refractivity (Wildman–Crippen MR) is 76.4 cm³/mol. The fourth-order valence-corrected chi connectivity index (χ4v) is 2.49. The molecule has 0 amide bonds. The summed E-state index contributed by atoms with van der Waals surface area (Å²) in [5, 5.41) is 3.66. The van der Waals surface area contributed by atoms with Gasteiger partial charge in [-0.2, -0.15) is 0 Å². The molecule has 104 valence electrons. The molecule has 0 aliphatic rings. The Morgan fingerprint density at radius 3 is 2.12 bits per heavy atom. The molecule has 3 atom stereocenters. The van der Waals surface area contributed by atoms with Crippen LogP contribution in [0.25, 0.3) is 0 Å². The Bertz CT molecular complexity index is 170. The molecule has 2 nitrogen and oxygen atoms in total. The van der Waals surface area contributed by atoms with Gasteiger partial charge < -0.3 is 10.1 Å². The minimum absolute atomic E-state index is 0.357. The molecule has 0 aliphatic heterocycles. The van der Waals surface area contributed by atoms with E-state index in [1.54, 1.807) is 7.11 Å². The van der Waals surface area contributed by atoms with Crippen LogP contribution in [-0.4, -0.2) is 25.8 Å². The zero-order valence-corrected chi connectivity index (χ0v) is 12.8. The van der Waals surface area contributed by atoms with Gasteiger partial charge >= 0.3 is 0 Å². The Balaban J connectivity index is 4.07. The Labute approximate surface area is 109 Å². The van der Waals surface area contributed by atoms with Crippen LogP contribution >= 0.6 is 0 Å². The number of methoxy groups -OCH3 is 1. The van der Waals surface area contributed by atoms with Crippen molar-refractivity contribution in [3.8, 4) is 0 Å². The average Bonchev–Trinajstić information content (AvgIpc) is 2.24. The summed E-state index contributed by atoms with van der Waals surface area (Å²) in [5.74, 6) is 1.60. The maximum absolute atomic E-state index is 5.38. The Morgan fingerprint density at radius 2 is 1.65 bits per heavy atom. The summed E-state index contributed by atoms with van der Waals surface area (Å²) in [6.45, 7) is 12.5. The van der Waals surface area contributed by atoms with Gasteiger partial charge in [-0.3, -0.25) is 0 Å². The molecule has 0 fully saturated rings. The molecule has 3 unspecified atom stereocenters. The Morgan fingerprint density at radius 1 is 1.00 bits per heavy atom. The van der Waals surface area contributed by atoms with Gasteiger partial charge in [0, 0.05) is 13.2 Å². The predicted octanol–water partition coefficient (Wildman–Crippen LogP) is 3.85. The van der Waals surface area contributed by atoms with Gasteiger partial charge in [0.05, 0.1) is 6.10 Å². The van der Waals surface area contributed by atoms with Crippen molar-refractivity contribution < 1.29 is 4.74 Å². The van der Waals surface area contributed by atoms with Gasteiger partial charge in [0.2, 0.25) is 0 Å². The zero-order chi connectivity index (χ0) is 13.3. The first-order valence-corrected chi connectivity index (χ1v) is 7.25. The SMILES string of the molecule is CCCNC(CC(C)CC(C)C)CC(C)OC. The van der Waals surface area contributed by atoms with Gasteiger partial charge in [-0.25, -0.2) is 0 Å². The van der Waals surface area contributed by atoms with Gasteiger partial charge in [0.1, 0.15) is 0 Å². The van der Waals surface area contributed by atoms with Crippen molar-refractivity contribution in [3.05, 3.63) is 0 Å². The van der Waals surface area contributed by atoms with Crippen molar-refractivity contribution in [2.45, 2.75) is 72.4 Å². The maximum Gasteiger partial charge on any atom is 0.0558 e. The smallest absolute Gasteiger partial charge is 0.0558 e. The topological polar surface area (TPSA) is 21.3 Å². The minimum Gasteiger partial charge on any atom is -0.382 e. The Kier molecular flexibility index (Phi) is 9.85. The van der Waals surface area contributed by atoms with E-state index in [4.69, 9.17) is 4.74 Å². The molecule has 0 aliphatic carbocycles. The van der Waals surface area contributed by atoms with Crippen molar-refractivity contribution in [2.75, 3.05) is 13.7 Å². The summed E-state index contributed by atoms with van der Waals surface area (Å²) in [6, 6.07) is 0.610. The van der Waals surface area contributed by atoms with Crippen molar-refractivity contribution in [2.24, 2.45) is 11.8 Å². The zero-order valence-electron chi connectivity index (χ0n) is 12.8. The summed E-state index contributed by atoms with van der Waals surface area (Å²) >= 11 is 0. The van der Waals surface area contributed by atoms with E-state index in [2.05, 4.69) is 39.9 Å². The molecule has 0 saturated carbocycles. The van der Waals surface area contributed by atoms with Gasteiger partial charge in [0.15, 0.2) is 0 Å². The third-order valence-corrected chi connectivity index (χ3v) is 3.26. The van der Waals surface area contributed by atoms with Gasteiger partial charge in [0.25, 0.3) is 0 Å². The van der Waals surface area contributed by atoms with E-state index < -0.39 is 0 Å². The third kappa shape index (κ3) is 9.61. The van der Waals surface area contributed by atoms with E-state index >= 15 is 0 Å². The van der Waals surface area contributed by atoms with Gasteiger partial charge in [-0.15, -0.1) is 0 Å². The molecule has 2 heteroatoms. The van der Waals surface area contributed by atoms with Crippen LogP contribution in [0, 0.1) is 11.8 Å². The standard InChI is InChI=1S/C15H33NO/c1-7-8-16-15(11-14(5)17-6)10-13(4)9-12(2)3/h12-16H,7-11H2,1-6H3. The lowest BCUT2D eigenvalue weighted by atomic mass is 9.91. The van der Waals surface area contributed by atoms with Gasteiger partial charge in [-0.1, -0.05) is 27.7 Å². The van der Waals surface area contributed by atoms with Crippen molar-refractivity contribution in [1.29, 1.82) is 0 Å². The number of rotatable bonds is 10. The second kappa shape index (κ2) is 9.90. The van der Waals surface area contributed by atoms with E-state index in [-0.39, 0.29) is 0 Å². The maximum atomic E-state index is 5.38. The highest BCUT2D eigenvalue weighted by molar-refractivity contribution is 4.73. The normalized spacial score (nSPS) is 17.1. The largest absolute Gasteiger partial charge is 0.382 e. The fraction of sp³-hybridized carbons (Fsp3) is 1.00. The lowest BCUT2D eigenvalue weighted by Gasteiger charge is -2.25. The van der Waals surface area contributed by atoms with Crippen LogP contribution in [0.1, 0.15) is 60.3 Å². The van der Waals surface area contributed by atoms with Crippen molar-refractivity contribution >= 4 is 0 Å². The van der Waals surface area contributed by atoms with Crippen LogP contribution in [0.5, 0.6) is 0 Å². The van der Waals surface area contributed by atoms with Crippen molar-refractivity contribution in [3.63, 3.8) is 0 Å². The number of hydrogen-bond acceptors (Lipinski definition) is 2. The van der Waals surface area contributed by atoms with Gasteiger partial charge in [-0.05, 0) is 51.0 Å². The summed E-state index contributed by atoms with van der Waals surface area (Å²) in [6.07, 6.45) is 5.28. The first kappa shape index (κ1) is 16.9. The van der Waals surface area contributed by atoms with E-state index in [0.717, 1.165) is 24.8 Å². The van der Waals surface area contributed by atoms with Crippen LogP contribution in [0.4, 0.5) is 0 Å². The van der Waals surface area contributed by atoms with Crippen LogP contribution in [0.15, 0.2) is 0 Å². The quantitative estimate of drug-likeness (QED) is 0.629. The first-order valence-electron chi connectivity index (χ1n) is 7.25. The molecule has 0 aromatic carbocycles. The lowest BCUT2D eigenvalue weighted by Crippen LogP contribution is -2.34. The molecule has 0 spiro atoms. The molecule has 0 saturated heterocycles. The molecule has 17 heavy (non-hydrogen) atoms. The molecule has 0 heterocycles. The molecule has 0 bridgehead atoms. The molecule has 0 radical (unpaired) electrons. The molecule has 1 N–H and O–H groups in total. The van der Waals surface area contributed by atoms with E-state index in [0.29, 0.717) is 12.1 Å². The Hall–Kier alpha value is -0.0800. The molecule has 0 aromatic rings. The monoisotopic (exact) mass is 243 g/mol. The highest BCUT2D eigenvalue weighted by atomic mass is 16.5. The van der Waals surface area contributed by atoms with Crippen LogP contribution in [-0.2, 0) is 4.74 Å². The minimum atomic E-state index is 0.357. The number of hydrogen-bond donors (Lipinski definition) is 1. The third-order valence-electron chi connectivity index (χ3n) is 3.26. The van der Waals surface area contributed by atoms with E-state index in [1.807, 2.05) is 0 Å². The van der Waals surface area contributed by atoms with Crippen LogP contribution in [0.2, 0.25) is 0 Å². The number of nitrogens with one attached hydrogen (secondary N) is 1. The van der Waals surface area contributed by atoms with E-state index in [1.165, 1.54) is 19.3 Å². The second-order valence-corrected chi connectivity index (χ2v) is 5.90. The average molecular weight is 243 g/mol. The molecule has 0 aromatic heterocycles. The van der Waals surface area contributed by atoms with Crippen LogP contribution in [0.3, 0.4) is 0 Å². The number of ether oxygens (including phenoxy) is 1. The summed E-state index contributed by atoms with van der Waals surface area (Å²) in [4.78, 5) is 0. The van der Waals surface area contributed by atoms with Crippen LogP contribution < -0.4 is 5.32 Å². The molecular weight excluding hydrogens is 210 g/mol. The summed E-state index contributed by atoms with van der Waals surface area (Å²) < 4.78 is 5.38. The van der Waals surface area contributed by atoms with Crippen molar-refractivity contribution in [1.82, 2.24) is 5.32 Å². The highest BCUT2D eigenvalue weighted by Gasteiger charge is 2.16. The summed E-state index contributed by atoms with van der Waals surface area (Å²) in [7, 11) is 1.80. The van der Waals surface area contributed by atoms with E-state index in [9.17, 15) is 0 Å².